The van der Waals surface area contributed by atoms with Crippen molar-refractivity contribution in [3.05, 3.63) is 63.1 Å². The van der Waals surface area contributed by atoms with Gasteiger partial charge in [0.25, 0.3) is 0 Å². The Morgan fingerprint density at radius 2 is 1.86 bits per heavy atom. The minimum atomic E-state index is 0.397. The predicted octanol–water partition coefficient (Wildman–Crippen LogP) is 4.97. The highest BCUT2D eigenvalue weighted by atomic mass is 79.9. The minimum absolute atomic E-state index is 0.397. The summed E-state index contributed by atoms with van der Waals surface area (Å²) < 4.78 is 6.92. The van der Waals surface area contributed by atoms with Crippen molar-refractivity contribution in [3.8, 4) is 5.75 Å². The summed E-state index contributed by atoms with van der Waals surface area (Å²) in [5.41, 5.74) is 4.01. The number of carbonyl (C=O) groups excluding carboxylic acids is 1. The van der Waals surface area contributed by atoms with E-state index in [9.17, 15) is 4.79 Å². The van der Waals surface area contributed by atoms with Gasteiger partial charge in [0.1, 0.15) is 18.6 Å². The van der Waals surface area contributed by atoms with E-state index in [4.69, 9.17) is 4.74 Å². The molecule has 0 N–H and O–H groups in total. The van der Waals surface area contributed by atoms with Crippen molar-refractivity contribution in [1.82, 2.24) is 0 Å². The fourth-order valence-corrected chi connectivity index (χ4v) is 2.62. The lowest BCUT2D eigenvalue weighted by molar-refractivity contribution is 0.112. The first-order chi connectivity index (χ1) is 10.2. The maximum absolute atomic E-state index is 11.1. The van der Waals surface area contributed by atoms with E-state index in [-0.39, 0.29) is 0 Å². The Balaban J connectivity index is 2.23. The predicted molar refractivity (Wildman–Crippen MR) is 89.1 cm³/mol. The van der Waals surface area contributed by atoms with Crippen molar-refractivity contribution in [2.24, 2.45) is 0 Å². The van der Waals surface area contributed by atoms with E-state index in [0.717, 1.165) is 34.9 Å². The average molecular weight is 347 g/mol. The molecule has 0 bridgehead atoms. The number of hydrogen-bond donors (Lipinski definition) is 0. The van der Waals surface area contributed by atoms with Gasteiger partial charge >= 0.3 is 0 Å². The Morgan fingerprint density at radius 3 is 2.52 bits per heavy atom. The van der Waals surface area contributed by atoms with Crippen LogP contribution in [0.15, 0.2) is 40.9 Å². The zero-order chi connectivity index (χ0) is 15.2. The average Bonchev–Trinajstić information content (AvgIpc) is 2.52. The van der Waals surface area contributed by atoms with Crippen LogP contribution in [0.5, 0.6) is 5.75 Å². The van der Waals surface area contributed by atoms with Gasteiger partial charge < -0.3 is 4.74 Å². The van der Waals surface area contributed by atoms with Gasteiger partial charge in [0.2, 0.25) is 0 Å². The van der Waals surface area contributed by atoms with Crippen LogP contribution in [0, 0.1) is 0 Å². The third-order valence-electron chi connectivity index (χ3n) is 3.54. The molecule has 21 heavy (non-hydrogen) atoms. The molecule has 2 nitrogen and oxygen atoms in total. The van der Waals surface area contributed by atoms with E-state index < -0.39 is 0 Å². The maximum Gasteiger partial charge on any atom is 0.150 e. The zero-order valence-corrected chi connectivity index (χ0v) is 13.9. The molecule has 2 aromatic carbocycles. The molecule has 0 aliphatic carbocycles. The fourth-order valence-electron chi connectivity index (χ4n) is 2.22. The summed E-state index contributed by atoms with van der Waals surface area (Å²) in [4.78, 5) is 11.1. The van der Waals surface area contributed by atoms with Crippen LogP contribution < -0.4 is 4.74 Å². The summed E-state index contributed by atoms with van der Waals surface area (Å²) in [5.74, 6) is 0.911. The number of halogens is 1. The number of carbonyl (C=O) groups is 1. The van der Waals surface area contributed by atoms with Crippen LogP contribution in [0.3, 0.4) is 0 Å². The zero-order valence-electron chi connectivity index (χ0n) is 12.4. The van der Waals surface area contributed by atoms with Gasteiger partial charge in [-0.05, 0) is 42.2 Å². The van der Waals surface area contributed by atoms with Gasteiger partial charge in [-0.25, -0.2) is 0 Å². The van der Waals surface area contributed by atoms with Crippen LogP contribution in [-0.4, -0.2) is 6.29 Å². The Morgan fingerprint density at radius 1 is 1.05 bits per heavy atom. The molecule has 3 heteroatoms. The van der Waals surface area contributed by atoms with E-state index in [0.29, 0.717) is 12.2 Å². The molecular weight excluding hydrogens is 328 g/mol. The highest BCUT2D eigenvalue weighted by Gasteiger charge is 2.07. The van der Waals surface area contributed by atoms with E-state index in [1.54, 1.807) is 6.07 Å². The van der Waals surface area contributed by atoms with Crippen molar-refractivity contribution < 1.29 is 9.53 Å². The van der Waals surface area contributed by atoms with Crippen LogP contribution in [0.4, 0.5) is 0 Å². The first-order valence-electron chi connectivity index (χ1n) is 7.16. The Kier molecular flexibility index (Phi) is 5.57. The summed E-state index contributed by atoms with van der Waals surface area (Å²) >= 11 is 3.43. The van der Waals surface area contributed by atoms with Crippen LogP contribution >= 0.6 is 15.9 Å². The first kappa shape index (κ1) is 15.8. The molecule has 2 aromatic rings. The van der Waals surface area contributed by atoms with Gasteiger partial charge in [-0.3, -0.25) is 4.79 Å². The van der Waals surface area contributed by atoms with Crippen molar-refractivity contribution in [1.29, 1.82) is 0 Å². The molecule has 0 spiro atoms. The first-order valence-corrected chi connectivity index (χ1v) is 7.95. The largest absolute Gasteiger partial charge is 0.489 e. The van der Waals surface area contributed by atoms with Crippen LogP contribution in [0.2, 0.25) is 0 Å². The SMILES string of the molecule is CCc1ccc(CC)c(OCc2cc(Br)ccc2C=O)c1. The lowest BCUT2D eigenvalue weighted by atomic mass is 10.1. The van der Waals surface area contributed by atoms with Gasteiger partial charge in [0.05, 0.1) is 0 Å². The molecular formula is C18H19BrO2. The summed E-state index contributed by atoms with van der Waals surface area (Å²) in [5, 5.41) is 0. The maximum atomic E-state index is 11.1. The summed E-state index contributed by atoms with van der Waals surface area (Å²) in [6, 6.07) is 12.0. The fraction of sp³-hybridized carbons (Fsp3) is 0.278. The molecule has 0 aromatic heterocycles. The van der Waals surface area contributed by atoms with Crippen LogP contribution in [-0.2, 0) is 19.4 Å². The highest BCUT2D eigenvalue weighted by Crippen LogP contribution is 2.24. The molecule has 2 rings (SSSR count). The van der Waals surface area contributed by atoms with E-state index in [1.165, 1.54) is 11.1 Å². The van der Waals surface area contributed by atoms with Crippen molar-refractivity contribution in [3.63, 3.8) is 0 Å². The molecule has 0 aliphatic heterocycles. The van der Waals surface area contributed by atoms with Gasteiger partial charge in [0, 0.05) is 15.6 Å². The number of ether oxygens (including phenoxy) is 1. The minimum Gasteiger partial charge on any atom is -0.489 e. The van der Waals surface area contributed by atoms with Gasteiger partial charge in [0.15, 0.2) is 0 Å². The molecule has 0 amide bonds. The summed E-state index contributed by atoms with van der Waals surface area (Å²) in [6.45, 7) is 4.64. The van der Waals surface area contributed by atoms with Gasteiger partial charge in [-0.2, -0.15) is 0 Å². The van der Waals surface area contributed by atoms with E-state index in [2.05, 4.69) is 48.0 Å². The molecule has 0 radical (unpaired) electrons. The summed E-state index contributed by atoms with van der Waals surface area (Å²) in [7, 11) is 0. The third kappa shape index (κ3) is 3.94. The normalized spacial score (nSPS) is 10.4. The van der Waals surface area contributed by atoms with E-state index >= 15 is 0 Å². The van der Waals surface area contributed by atoms with Crippen LogP contribution in [0.25, 0.3) is 0 Å². The molecule has 0 fully saturated rings. The monoisotopic (exact) mass is 346 g/mol. The second-order valence-corrected chi connectivity index (χ2v) is 5.81. The molecule has 0 heterocycles. The topological polar surface area (TPSA) is 26.3 Å². The van der Waals surface area contributed by atoms with E-state index in [1.807, 2.05) is 12.1 Å². The molecule has 0 saturated carbocycles. The smallest absolute Gasteiger partial charge is 0.150 e. The molecule has 0 unspecified atom stereocenters. The number of hydrogen-bond acceptors (Lipinski definition) is 2. The van der Waals surface area contributed by atoms with Crippen LogP contribution in [0.1, 0.15) is 40.9 Å². The highest BCUT2D eigenvalue weighted by molar-refractivity contribution is 9.10. The van der Waals surface area contributed by atoms with Crippen molar-refractivity contribution in [2.45, 2.75) is 33.3 Å². The molecule has 0 atom stereocenters. The van der Waals surface area contributed by atoms with Crippen molar-refractivity contribution >= 4 is 22.2 Å². The molecule has 0 aliphatic rings. The summed E-state index contributed by atoms with van der Waals surface area (Å²) in [6.07, 6.45) is 2.78. The van der Waals surface area contributed by atoms with Gasteiger partial charge in [-0.15, -0.1) is 0 Å². The number of benzene rings is 2. The quantitative estimate of drug-likeness (QED) is 0.690. The Hall–Kier alpha value is -1.61. The third-order valence-corrected chi connectivity index (χ3v) is 4.03. The second-order valence-electron chi connectivity index (χ2n) is 4.90. The standard InChI is InChI=1S/C18H19BrO2/c1-3-13-5-6-14(4-2)18(9-13)21-12-16-10-17(19)8-7-15(16)11-20/h5-11H,3-4,12H2,1-2H3. The Labute approximate surface area is 134 Å². The lowest BCUT2D eigenvalue weighted by Gasteiger charge is -2.13. The molecule has 0 saturated heterocycles. The second kappa shape index (κ2) is 7.41. The molecule has 110 valence electrons. The number of aldehydes is 1. The Bertz CT molecular complexity index is 635. The van der Waals surface area contributed by atoms with Crippen molar-refractivity contribution in [2.75, 3.05) is 0 Å². The lowest BCUT2D eigenvalue weighted by Crippen LogP contribution is -2.02. The van der Waals surface area contributed by atoms with Gasteiger partial charge in [-0.1, -0.05) is 48.0 Å². The number of rotatable bonds is 6. The number of aryl methyl sites for hydroxylation is 2.